The first kappa shape index (κ1) is 24.7. The van der Waals surface area contributed by atoms with E-state index >= 15 is 0 Å². The molecule has 1 fully saturated rings. The molecule has 1 aliphatic heterocycles. The number of aliphatic hydroxyl groups excluding tert-OH is 2. The third kappa shape index (κ3) is 5.62. The minimum atomic E-state index is -0.924. The van der Waals surface area contributed by atoms with Crippen molar-refractivity contribution in [1.29, 1.82) is 0 Å². The SMILES string of the molecule is CC1(C(=O)NCCO)COC(c2nc(-c3ccc(F)cc3)c(-c3ccnc(OCCO)n3)[nH]2)OC1. The number of aliphatic hydroxyl groups is 2. The summed E-state index contributed by atoms with van der Waals surface area (Å²) in [4.78, 5) is 28.6. The van der Waals surface area contributed by atoms with Crippen molar-refractivity contribution in [3.05, 3.63) is 48.2 Å². The molecule has 0 spiro atoms. The minimum absolute atomic E-state index is 0.0386. The highest BCUT2D eigenvalue weighted by Crippen LogP contribution is 2.35. The molecule has 0 bridgehead atoms. The van der Waals surface area contributed by atoms with Crippen LogP contribution >= 0.6 is 0 Å². The number of carbonyl (C=O) groups excluding carboxylic acids is 1. The zero-order chi connectivity index (χ0) is 24.8. The van der Waals surface area contributed by atoms with E-state index in [2.05, 4.69) is 25.3 Å². The lowest BCUT2D eigenvalue weighted by atomic mass is 9.91. The minimum Gasteiger partial charge on any atom is -0.461 e. The van der Waals surface area contributed by atoms with Gasteiger partial charge >= 0.3 is 6.01 Å². The Balaban J connectivity index is 1.62. The number of ether oxygens (including phenoxy) is 3. The van der Waals surface area contributed by atoms with Crippen LogP contribution in [0.15, 0.2) is 36.5 Å². The summed E-state index contributed by atoms with van der Waals surface area (Å²) >= 11 is 0. The molecule has 0 unspecified atom stereocenters. The predicted octanol–water partition coefficient (Wildman–Crippen LogP) is 1.20. The molecule has 0 aliphatic carbocycles. The van der Waals surface area contributed by atoms with Crippen LogP contribution in [0.3, 0.4) is 0 Å². The molecule has 1 aromatic carbocycles. The van der Waals surface area contributed by atoms with Crippen molar-refractivity contribution in [2.45, 2.75) is 13.2 Å². The number of hydrogen-bond acceptors (Lipinski definition) is 9. The summed E-state index contributed by atoms with van der Waals surface area (Å²) in [5, 5.41) is 20.6. The standard InChI is InChI=1S/C23H26FN5O6/c1-23(21(32)25-8-9-30)12-34-20(35-13-23)19-28-17(14-2-4-15(24)5-3-14)18(29-19)16-6-7-26-22(27-16)33-11-10-31/h2-7,20,30-31H,8-13H2,1H3,(H,25,32)(H,28,29). The van der Waals surface area contributed by atoms with E-state index in [-0.39, 0.29) is 57.3 Å². The van der Waals surface area contributed by atoms with Crippen LogP contribution in [0.5, 0.6) is 6.01 Å². The zero-order valence-electron chi connectivity index (χ0n) is 19.0. The maximum Gasteiger partial charge on any atom is 0.317 e. The van der Waals surface area contributed by atoms with E-state index in [4.69, 9.17) is 24.4 Å². The summed E-state index contributed by atoms with van der Waals surface area (Å²) in [5.74, 6) is -0.326. The quantitative estimate of drug-likeness (QED) is 0.349. The van der Waals surface area contributed by atoms with Gasteiger partial charge in [-0.2, -0.15) is 4.98 Å². The van der Waals surface area contributed by atoms with Gasteiger partial charge < -0.3 is 34.7 Å². The molecule has 3 heterocycles. The number of nitrogens with zero attached hydrogens (tertiary/aromatic N) is 3. The lowest BCUT2D eigenvalue weighted by molar-refractivity contribution is -0.231. The van der Waals surface area contributed by atoms with Crippen LogP contribution in [0.4, 0.5) is 4.39 Å². The Hall–Kier alpha value is -3.45. The first-order valence-corrected chi connectivity index (χ1v) is 11.0. The fraction of sp³-hybridized carbons (Fsp3) is 0.391. The van der Waals surface area contributed by atoms with Crippen molar-refractivity contribution in [2.75, 3.05) is 39.6 Å². The molecule has 4 rings (SSSR count). The molecule has 11 nitrogen and oxygen atoms in total. The van der Waals surface area contributed by atoms with Gasteiger partial charge in [0.15, 0.2) is 5.82 Å². The van der Waals surface area contributed by atoms with Gasteiger partial charge in [-0.1, -0.05) is 0 Å². The van der Waals surface area contributed by atoms with Crippen LogP contribution in [-0.2, 0) is 14.3 Å². The second-order valence-electron chi connectivity index (χ2n) is 8.14. The number of halogens is 1. The molecule has 186 valence electrons. The van der Waals surface area contributed by atoms with Crippen molar-refractivity contribution < 1.29 is 33.6 Å². The molecule has 12 heteroatoms. The Morgan fingerprint density at radius 1 is 1.20 bits per heavy atom. The first-order chi connectivity index (χ1) is 16.9. The number of aromatic nitrogens is 4. The van der Waals surface area contributed by atoms with E-state index in [0.29, 0.717) is 28.5 Å². The number of benzene rings is 1. The monoisotopic (exact) mass is 487 g/mol. The summed E-state index contributed by atoms with van der Waals surface area (Å²) < 4.78 is 30.5. The molecular formula is C23H26FN5O6. The second-order valence-corrected chi connectivity index (χ2v) is 8.14. The summed E-state index contributed by atoms with van der Waals surface area (Å²) in [5.41, 5.74) is 1.14. The van der Waals surface area contributed by atoms with Crippen LogP contribution in [0.25, 0.3) is 22.6 Å². The van der Waals surface area contributed by atoms with Gasteiger partial charge in [-0.15, -0.1) is 0 Å². The third-order valence-corrected chi connectivity index (χ3v) is 5.33. The molecular weight excluding hydrogens is 461 g/mol. The van der Waals surface area contributed by atoms with Crippen LogP contribution in [0.1, 0.15) is 19.0 Å². The fourth-order valence-corrected chi connectivity index (χ4v) is 3.47. The lowest BCUT2D eigenvalue weighted by Gasteiger charge is -2.35. The number of aromatic amines is 1. The Morgan fingerprint density at radius 3 is 2.63 bits per heavy atom. The van der Waals surface area contributed by atoms with Crippen LogP contribution in [0, 0.1) is 11.2 Å². The van der Waals surface area contributed by atoms with E-state index in [1.54, 1.807) is 25.1 Å². The number of hydrogen-bond donors (Lipinski definition) is 4. The van der Waals surface area contributed by atoms with Crippen LogP contribution in [0.2, 0.25) is 0 Å². The predicted molar refractivity (Wildman–Crippen MR) is 120 cm³/mol. The van der Waals surface area contributed by atoms with Crippen molar-refractivity contribution >= 4 is 5.91 Å². The second kappa shape index (κ2) is 10.9. The van der Waals surface area contributed by atoms with Gasteiger partial charge in [-0.25, -0.2) is 14.4 Å². The topological polar surface area (TPSA) is 152 Å². The average molecular weight is 487 g/mol. The summed E-state index contributed by atoms with van der Waals surface area (Å²) in [7, 11) is 0. The van der Waals surface area contributed by atoms with Gasteiger partial charge in [0.05, 0.1) is 48.9 Å². The van der Waals surface area contributed by atoms with E-state index in [1.807, 2.05) is 0 Å². The molecule has 1 aliphatic rings. The van der Waals surface area contributed by atoms with E-state index in [0.717, 1.165) is 0 Å². The number of nitrogens with one attached hydrogen (secondary N) is 2. The van der Waals surface area contributed by atoms with Gasteiger partial charge in [-0.3, -0.25) is 4.79 Å². The number of carbonyl (C=O) groups is 1. The highest BCUT2D eigenvalue weighted by molar-refractivity contribution is 5.82. The molecule has 0 atom stereocenters. The van der Waals surface area contributed by atoms with Crippen molar-refractivity contribution in [1.82, 2.24) is 25.3 Å². The number of amides is 1. The van der Waals surface area contributed by atoms with Gasteiger partial charge in [-0.05, 0) is 37.3 Å². The third-order valence-electron chi connectivity index (χ3n) is 5.33. The van der Waals surface area contributed by atoms with Gasteiger partial charge in [0.2, 0.25) is 12.2 Å². The molecule has 1 amide bonds. The van der Waals surface area contributed by atoms with Gasteiger partial charge in [0.1, 0.15) is 12.4 Å². The fourth-order valence-electron chi connectivity index (χ4n) is 3.47. The Kier molecular flexibility index (Phi) is 7.66. The summed E-state index contributed by atoms with van der Waals surface area (Å²) in [6, 6.07) is 7.57. The highest BCUT2D eigenvalue weighted by Gasteiger charge is 2.40. The molecule has 0 radical (unpaired) electrons. The van der Waals surface area contributed by atoms with E-state index < -0.39 is 11.7 Å². The number of rotatable bonds is 9. The molecule has 35 heavy (non-hydrogen) atoms. The van der Waals surface area contributed by atoms with Crippen molar-refractivity contribution in [2.24, 2.45) is 5.41 Å². The average Bonchev–Trinajstić information content (AvgIpc) is 3.32. The van der Waals surface area contributed by atoms with Gasteiger partial charge in [0.25, 0.3) is 0 Å². The summed E-state index contributed by atoms with van der Waals surface area (Å²) in [6.45, 7) is 1.69. The van der Waals surface area contributed by atoms with E-state index in [1.165, 1.54) is 18.3 Å². The normalized spacial score (nSPS) is 19.9. The molecule has 4 N–H and O–H groups in total. The highest BCUT2D eigenvalue weighted by atomic mass is 19.1. The maximum atomic E-state index is 13.5. The zero-order valence-corrected chi connectivity index (χ0v) is 19.0. The van der Waals surface area contributed by atoms with Crippen molar-refractivity contribution in [3.63, 3.8) is 0 Å². The molecule has 1 saturated heterocycles. The van der Waals surface area contributed by atoms with Crippen LogP contribution < -0.4 is 10.1 Å². The largest absolute Gasteiger partial charge is 0.461 e. The summed E-state index contributed by atoms with van der Waals surface area (Å²) in [6.07, 6.45) is 0.627. The smallest absolute Gasteiger partial charge is 0.317 e. The van der Waals surface area contributed by atoms with Crippen molar-refractivity contribution in [3.8, 4) is 28.7 Å². The molecule has 3 aromatic rings. The Bertz CT molecular complexity index is 1150. The van der Waals surface area contributed by atoms with Gasteiger partial charge in [0, 0.05) is 18.3 Å². The maximum absolute atomic E-state index is 13.5. The lowest BCUT2D eigenvalue weighted by Crippen LogP contribution is -2.49. The molecule has 0 saturated carbocycles. The first-order valence-electron chi connectivity index (χ1n) is 11.0. The van der Waals surface area contributed by atoms with Crippen LogP contribution in [-0.4, -0.2) is 75.6 Å². The Morgan fingerprint density at radius 2 is 1.94 bits per heavy atom. The Labute approximate surface area is 200 Å². The number of H-pyrrole nitrogens is 1. The van der Waals surface area contributed by atoms with E-state index in [9.17, 15) is 9.18 Å². The molecule has 2 aromatic heterocycles. The number of imidazole rings is 1.